The minimum atomic E-state index is 0.142. The van der Waals surface area contributed by atoms with Crippen LogP contribution in [-0.2, 0) is 9.53 Å². The van der Waals surface area contributed by atoms with Gasteiger partial charge in [0.2, 0.25) is 5.91 Å². The van der Waals surface area contributed by atoms with Crippen LogP contribution in [0.15, 0.2) is 0 Å². The maximum atomic E-state index is 11.9. The fraction of sp³-hybridized carbons (Fsp3) is 0.933. The summed E-state index contributed by atoms with van der Waals surface area (Å²) in [5, 5.41) is 6.45. The van der Waals surface area contributed by atoms with Gasteiger partial charge in [0.1, 0.15) is 0 Å². The lowest BCUT2D eigenvalue weighted by Crippen LogP contribution is -2.49. The Balaban J connectivity index is 2.24. The van der Waals surface area contributed by atoms with Gasteiger partial charge in [0.15, 0.2) is 0 Å². The Bertz CT molecular complexity index is 262. The number of carbonyl (C=O) groups excluding carboxylic acids is 1. The molecule has 1 saturated heterocycles. The number of hydrogen-bond acceptors (Lipinski definition) is 4. The van der Waals surface area contributed by atoms with E-state index < -0.39 is 0 Å². The van der Waals surface area contributed by atoms with E-state index in [9.17, 15) is 4.79 Å². The molecule has 1 amide bonds. The largest absolute Gasteiger partial charge is 0.385 e. The van der Waals surface area contributed by atoms with Gasteiger partial charge in [0.25, 0.3) is 0 Å². The molecule has 0 aromatic rings. The molecule has 0 aliphatic carbocycles. The number of hydrogen-bond donors (Lipinski definition) is 2. The fourth-order valence-corrected chi connectivity index (χ4v) is 2.63. The van der Waals surface area contributed by atoms with Gasteiger partial charge in [0, 0.05) is 32.8 Å². The van der Waals surface area contributed by atoms with Crippen LogP contribution in [-0.4, -0.2) is 63.3 Å². The van der Waals surface area contributed by atoms with Crippen molar-refractivity contribution in [3.05, 3.63) is 0 Å². The zero-order valence-corrected chi connectivity index (χ0v) is 13.1. The summed E-state index contributed by atoms with van der Waals surface area (Å²) in [6, 6.07) is 0.514. The van der Waals surface area contributed by atoms with Gasteiger partial charge in [-0.05, 0) is 38.8 Å². The minimum absolute atomic E-state index is 0.142. The standard InChI is InChI=1S/C15H31N3O2/c1-3-8-16-12-14-7-4-5-10-18(14)13-15(19)17-9-6-11-20-2/h14,16H,3-13H2,1-2H3,(H,17,19). The van der Waals surface area contributed by atoms with E-state index in [1.54, 1.807) is 7.11 Å². The number of likely N-dealkylation sites (tertiary alicyclic amines) is 1. The molecule has 0 saturated carbocycles. The number of ether oxygens (including phenoxy) is 1. The summed E-state index contributed by atoms with van der Waals surface area (Å²) in [6.45, 7) is 7.24. The molecule has 0 radical (unpaired) electrons. The summed E-state index contributed by atoms with van der Waals surface area (Å²) < 4.78 is 4.98. The fourth-order valence-electron chi connectivity index (χ4n) is 2.63. The molecule has 1 aliphatic rings. The van der Waals surface area contributed by atoms with Crippen LogP contribution in [0.1, 0.15) is 39.0 Å². The van der Waals surface area contributed by atoms with Crippen molar-refractivity contribution in [3.63, 3.8) is 0 Å². The topological polar surface area (TPSA) is 53.6 Å². The average Bonchev–Trinajstić information content (AvgIpc) is 2.46. The minimum Gasteiger partial charge on any atom is -0.385 e. The molecular formula is C15H31N3O2. The first-order valence-corrected chi connectivity index (χ1v) is 7.98. The Kier molecular flexibility index (Phi) is 9.62. The number of nitrogens with one attached hydrogen (secondary N) is 2. The normalized spacial score (nSPS) is 20.0. The van der Waals surface area contributed by atoms with Crippen LogP contribution in [0.3, 0.4) is 0 Å². The van der Waals surface area contributed by atoms with Gasteiger partial charge in [-0.2, -0.15) is 0 Å². The van der Waals surface area contributed by atoms with E-state index >= 15 is 0 Å². The first-order valence-electron chi connectivity index (χ1n) is 7.98. The van der Waals surface area contributed by atoms with Gasteiger partial charge in [-0.1, -0.05) is 13.3 Å². The molecule has 0 spiro atoms. The third kappa shape index (κ3) is 7.22. The smallest absolute Gasteiger partial charge is 0.234 e. The highest BCUT2D eigenvalue weighted by Gasteiger charge is 2.23. The molecule has 1 fully saturated rings. The molecule has 1 rings (SSSR count). The van der Waals surface area contributed by atoms with Crippen molar-refractivity contribution < 1.29 is 9.53 Å². The molecule has 1 aliphatic heterocycles. The quantitative estimate of drug-likeness (QED) is 0.588. The average molecular weight is 285 g/mol. The summed E-state index contributed by atoms with van der Waals surface area (Å²) >= 11 is 0. The first kappa shape index (κ1) is 17.4. The van der Waals surface area contributed by atoms with Crippen molar-refractivity contribution in [3.8, 4) is 0 Å². The Morgan fingerprint density at radius 2 is 2.20 bits per heavy atom. The molecule has 1 heterocycles. The second kappa shape index (κ2) is 11.1. The number of rotatable bonds is 10. The van der Waals surface area contributed by atoms with Crippen LogP contribution < -0.4 is 10.6 Å². The molecule has 2 N–H and O–H groups in total. The maximum absolute atomic E-state index is 11.9. The highest BCUT2D eigenvalue weighted by Crippen LogP contribution is 2.15. The second-order valence-corrected chi connectivity index (χ2v) is 5.52. The van der Waals surface area contributed by atoms with E-state index in [0.717, 1.165) is 32.5 Å². The third-order valence-electron chi connectivity index (χ3n) is 3.75. The van der Waals surface area contributed by atoms with E-state index in [2.05, 4.69) is 22.5 Å². The Morgan fingerprint density at radius 1 is 1.35 bits per heavy atom. The van der Waals surface area contributed by atoms with Crippen LogP contribution in [0.4, 0.5) is 0 Å². The molecule has 1 unspecified atom stereocenters. The first-order chi connectivity index (χ1) is 9.77. The number of amides is 1. The molecular weight excluding hydrogens is 254 g/mol. The van der Waals surface area contributed by atoms with Crippen LogP contribution >= 0.6 is 0 Å². The Morgan fingerprint density at radius 3 is 2.95 bits per heavy atom. The van der Waals surface area contributed by atoms with Crippen LogP contribution in [0.5, 0.6) is 0 Å². The van der Waals surface area contributed by atoms with Crippen LogP contribution in [0.2, 0.25) is 0 Å². The summed E-state index contributed by atoms with van der Waals surface area (Å²) in [6.07, 6.45) is 5.73. The highest BCUT2D eigenvalue weighted by molar-refractivity contribution is 5.78. The van der Waals surface area contributed by atoms with Crippen molar-refractivity contribution in [1.82, 2.24) is 15.5 Å². The van der Waals surface area contributed by atoms with Gasteiger partial charge < -0.3 is 15.4 Å². The van der Waals surface area contributed by atoms with E-state index in [4.69, 9.17) is 4.74 Å². The van der Waals surface area contributed by atoms with Crippen LogP contribution in [0, 0.1) is 0 Å². The van der Waals surface area contributed by atoms with E-state index in [1.165, 1.54) is 19.3 Å². The number of carbonyl (C=O) groups is 1. The lowest BCUT2D eigenvalue weighted by Gasteiger charge is -2.35. The molecule has 20 heavy (non-hydrogen) atoms. The predicted molar refractivity (Wildman–Crippen MR) is 81.9 cm³/mol. The summed E-state index contributed by atoms with van der Waals surface area (Å²) in [4.78, 5) is 14.3. The lowest BCUT2D eigenvalue weighted by atomic mass is 10.0. The van der Waals surface area contributed by atoms with Crippen LogP contribution in [0.25, 0.3) is 0 Å². The highest BCUT2D eigenvalue weighted by atomic mass is 16.5. The zero-order valence-electron chi connectivity index (χ0n) is 13.1. The van der Waals surface area contributed by atoms with Crippen molar-refractivity contribution in [2.75, 3.05) is 46.4 Å². The molecule has 0 aromatic carbocycles. The van der Waals surface area contributed by atoms with Gasteiger partial charge in [-0.15, -0.1) is 0 Å². The summed E-state index contributed by atoms with van der Waals surface area (Å²) in [5.74, 6) is 0.142. The van der Waals surface area contributed by atoms with Crippen molar-refractivity contribution in [2.24, 2.45) is 0 Å². The summed E-state index contributed by atoms with van der Waals surface area (Å²) in [7, 11) is 1.68. The molecule has 5 nitrogen and oxygen atoms in total. The number of nitrogens with zero attached hydrogens (tertiary/aromatic N) is 1. The van der Waals surface area contributed by atoms with E-state index in [0.29, 0.717) is 25.7 Å². The predicted octanol–water partition coefficient (Wildman–Crippen LogP) is 0.993. The Hall–Kier alpha value is -0.650. The van der Waals surface area contributed by atoms with Gasteiger partial charge in [-0.25, -0.2) is 0 Å². The van der Waals surface area contributed by atoms with Gasteiger partial charge >= 0.3 is 0 Å². The summed E-state index contributed by atoms with van der Waals surface area (Å²) in [5.41, 5.74) is 0. The lowest BCUT2D eigenvalue weighted by molar-refractivity contribution is -0.123. The van der Waals surface area contributed by atoms with Crippen molar-refractivity contribution >= 4 is 5.91 Å². The van der Waals surface area contributed by atoms with Crippen molar-refractivity contribution in [2.45, 2.75) is 45.1 Å². The Labute approximate surface area is 123 Å². The SMILES string of the molecule is CCCNCC1CCCCN1CC(=O)NCCCOC. The molecule has 0 aromatic heterocycles. The maximum Gasteiger partial charge on any atom is 0.234 e. The molecule has 118 valence electrons. The third-order valence-corrected chi connectivity index (χ3v) is 3.75. The molecule has 0 bridgehead atoms. The molecule has 1 atom stereocenters. The van der Waals surface area contributed by atoms with E-state index in [1.807, 2.05) is 0 Å². The number of methoxy groups -OCH3 is 1. The second-order valence-electron chi connectivity index (χ2n) is 5.52. The van der Waals surface area contributed by atoms with Crippen molar-refractivity contribution in [1.29, 1.82) is 0 Å². The zero-order chi connectivity index (χ0) is 14.6. The van der Waals surface area contributed by atoms with Gasteiger partial charge in [0.05, 0.1) is 6.54 Å². The monoisotopic (exact) mass is 285 g/mol. The van der Waals surface area contributed by atoms with Gasteiger partial charge in [-0.3, -0.25) is 9.69 Å². The van der Waals surface area contributed by atoms with E-state index in [-0.39, 0.29) is 5.91 Å². The number of piperidine rings is 1. The molecule has 5 heteroatoms.